The normalized spacial score (nSPS) is 31.2. The molecule has 1 aromatic rings. The zero-order chi connectivity index (χ0) is 21.0. The highest BCUT2D eigenvalue weighted by Gasteiger charge is 2.53. The predicted molar refractivity (Wildman–Crippen MR) is 128 cm³/mol. The van der Waals surface area contributed by atoms with Gasteiger partial charge >= 0.3 is 0 Å². The highest BCUT2D eigenvalue weighted by molar-refractivity contribution is 7.80. The molecule has 4 aliphatic heterocycles. The topological polar surface area (TPSA) is 46.1 Å². The Bertz CT molecular complexity index is 731. The standard InChI is InChI=1S/C23H36N6S/c1-3-27(4-2)12-8-11-24-22(30)26-25-21-19-15-28-13-14-29(16-19)18-23(21,17-28)20-9-6-5-7-10-20/h5-7,9-10,19H,3-4,8,11-18H2,1-2H3,(H2,24,26,30)/b25-21-. The minimum absolute atomic E-state index is 0.0374. The van der Waals surface area contributed by atoms with E-state index in [0.29, 0.717) is 11.0 Å². The van der Waals surface area contributed by atoms with Crippen LogP contribution in [0.2, 0.25) is 0 Å². The quantitative estimate of drug-likeness (QED) is 0.374. The number of piperidine rings is 2. The summed E-state index contributed by atoms with van der Waals surface area (Å²) >= 11 is 5.54. The third-order valence-corrected chi connectivity index (χ3v) is 7.22. The molecule has 0 aliphatic carbocycles. The Labute approximate surface area is 186 Å². The molecule has 4 aliphatic rings. The average molecular weight is 429 g/mol. The van der Waals surface area contributed by atoms with Gasteiger partial charge in [-0.3, -0.25) is 5.43 Å². The Hall–Kier alpha value is -1.54. The Balaban J connectivity index is 1.44. The molecule has 0 amide bonds. The smallest absolute Gasteiger partial charge is 0.186 e. The molecule has 4 heterocycles. The summed E-state index contributed by atoms with van der Waals surface area (Å²) in [6.45, 7) is 15.2. The van der Waals surface area contributed by atoms with Gasteiger partial charge in [0.2, 0.25) is 0 Å². The third-order valence-electron chi connectivity index (χ3n) is 6.99. The predicted octanol–water partition coefficient (Wildman–Crippen LogP) is 1.74. The molecule has 2 N–H and O–H groups in total. The van der Waals surface area contributed by atoms with Crippen LogP contribution in [0.5, 0.6) is 0 Å². The number of nitrogens with one attached hydrogen (secondary N) is 2. The lowest BCUT2D eigenvalue weighted by Crippen LogP contribution is -2.64. The molecule has 0 radical (unpaired) electrons. The molecule has 164 valence electrons. The summed E-state index contributed by atoms with van der Waals surface area (Å²) in [6.07, 6.45) is 1.08. The van der Waals surface area contributed by atoms with Crippen molar-refractivity contribution >= 4 is 23.0 Å². The van der Waals surface area contributed by atoms with E-state index in [-0.39, 0.29) is 5.41 Å². The second-order valence-corrected chi connectivity index (χ2v) is 9.27. The van der Waals surface area contributed by atoms with Gasteiger partial charge in [0.1, 0.15) is 0 Å². The van der Waals surface area contributed by atoms with Crippen molar-refractivity contribution in [3.8, 4) is 0 Å². The number of thiocarbonyl (C=S) groups is 1. The molecule has 0 saturated carbocycles. The first kappa shape index (κ1) is 21.7. The maximum Gasteiger partial charge on any atom is 0.186 e. The van der Waals surface area contributed by atoms with Crippen LogP contribution in [-0.2, 0) is 5.41 Å². The van der Waals surface area contributed by atoms with E-state index >= 15 is 0 Å². The number of nitrogens with zero attached hydrogens (tertiary/aromatic N) is 4. The van der Waals surface area contributed by atoms with Crippen molar-refractivity contribution in [3.63, 3.8) is 0 Å². The number of rotatable bonds is 8. The molecule has 0 spiro atoms. The fraction of sp³-hybridized carbons (Fsp3) is 0.652. The molecular weight excluding hydrogens is 392 g/mol. The maximum absolute atomic E-state index is 5.54. The van der Waals surface area contributed by atoms with E-state index in [1.165, 1.54) is 11.3 Å². The molecule has 2 unspecified atom stereocenters. The number of benzene rings is 1. The first-order chi connectivity index (χ1) is 14.6. The van der Waals surface area contributed by atoms with E-state index < -0.39 is 0 Å². The van der Waals surface area contributed by atoms with E-state index in [0.717, 1.165) is 71.9 Å². The zero-order valence-electron chi connectivity index (χ0n) is 18.4. The van der Waals surface area contributed by atoms with Gasteiger partial charge in [-0.1, -0.05) is 44.2 Å². The molecule has 1 aromatic carbocycles. The Morgan fingerprint density at radius 1 is 1.13 bits per heavy atom. The highest BCUT2D eigenvalue weighted by atomic mass is 32.1. The summed E-state index contributed by atoms with van der Waals surface area (Å²) in [6, 6.07) is 11.0. The van der Waals surface area contributed by atoms with Gasteiger partial charge in [0, 0.05) is 51.7 Å². The minimum Gasteiger partial charge on any atom is -0.361 e. The average Bonchev–Trinajstić information content (AvgIpc) is 3.02. The minimum atomic E-state index is -0.0374. The number of hydrogen-bond donors (Lipinski definition) is 2. The van der Waals surface area contributed by atoms with E-state index in [1.54, 1.807) is 0 Å². The molecule has 6 nitrogen and oxygen atoms in total. The van der Waals surface area contributed by atoms with E-state index in [1.807, 2.05) is 0 Å². The summed E-state index contributed by atoms with van der Waals surface area (Å²) in [5.41, 5.74) is 5.83. The number of fused-ring (bicyclic) bond motifs is 1. The molecule has 4 saturated heterocycles. The van der Waals surface area contributed by atoms with Crippen LogP contribution in [0.15, 0.2) is 35.4 Å². The van der Waals surface area contributed by atoms with Crippen LogP contribution < -0.4 is 10.7 Å². The second kappa shape index (κ2) is 9.73. The highest BCUT2D eigenvalue weighted by Crippen LogP contribution is 2.40. The van der Waals surface area contributed by atoms with Gasteiger partial charge < -0.3 is 20.0 Å². The molecule has 0 aromatic heterocycles. The lowest BCUT2D eigenvalue weighted by Gasteiger charge is -2.50. The first-order valence-corrected chi connectivity index (χ1v) is 11.9. The maximum atomic E-state index is 5.54. The largest absolute Gasteiger partial charge is 0.361 e. The number of hydrazone groups is 1. The van der Waals surface area contributed by atoms with Gasteiger partial charge in [-0.25, -0.2) is 0 Å². The van der Waals surface area contributed by atoms with Crippen molar-refractivity contribution in [2.75, 3.05) is 65.4 Å². The second-order valence-electron chi connectivity index (χ2n) is 8.86. The summed E-state index contributed by atoms with van der Waals surface area (Å²) in [5.74, 6) is 0.466. The van der Waals surface area contributed by atoms with Crippen molar-refractivity contribution in [1.82, 2.24) is 25.4 Å². The van der Waals surface area contributed by atoms with Gasteiger partial charge in [-0.05, 0) is 43.8 Å². The lowest BCUT2D eigenvalue weighted by atomic mass is 9.66. The lowest BCUT2D eigenvalue weighted by molar-refractivity contribution is 0.163. The monoisotopic (exact) mass is 428 g/mol. The van der Waals surface area contributed by atoms with Crippen LogP contribution >= 0.6 is 12.2 Å². The van der Waals surface area contributed by atoms with Crippen molar-refractivity contribution in [2.24, 2.45) is 11.0 Å². The molecule has 7 heteroatoms. The molecule has 2 atom stereocenters. The van der Waals surface area contributed by atoms with Crippen LogP contribution in [0.3, 0.4) is 0 Å². The van der Waals surface area contributed by atoms with Crippen LogP contribution in [0.4, 0.5) is 0 Å². The third kappa shape index (κ3) is 4.54. The van der Waals surface area contributed by atoms with Gasteiger partial charge in [-0.2, -0.15) is 5.10 Å². The van der Waals surface area contributed by atoms with Crippen LogP contribution in [-0.4, -0.2) is 91.0 Å². The summed E-state index contributed by atoms with van der Waals surface area (Å²) in [7, 11) is 0. The van der Waals surface area contributed by atoms with Crippen LogP contribution in [0.25, 0.3) is 0 Å². The first-order valence-electron chi connectivity index (χ1n) is 11.5. The zero-order valence-corrected chi connectivity index (χ0v) is 19.3. The van der Waals surface area contributed by atoms with Crippen molar-refractivity contribution < 1.29 is 0 Å². The fourth-order valence-electron chi connectivity index (χ4n) is 5.45. The van der Waals surface area contributed by atoms with Crippen molar-refractivity contribution in [2.45, 2.75) is 25.7 Å². The molecule has 4 fully saturated rings. The SMILES string of the molecule is CCN(CC)CCCNC(=S)N/N=C1/C2CN3CCN(C2)CC1(c1ccccc1)C3. The van der Waals surface area contributed by atoms with Crippen LogP contribution in [0.1, 0.15) is 25.8 Å². The molecule has 4 bridgehead atoms. The van der Waals surface area contributed by atoms with Gasteiger partial charge in [0.15, 0.2) is 5.11 Å². The Morgan fingerprint density at radius 2 is 1.80 bits per heavy atom. The summed E-state index contributed by atoms with van der Waals surface area (Å²) in [4.78, 5) is 7.70. The fourth-order valence-corrected chi connectivity index (χ4v) is 5.60. The molecular formula is C23H36N6S. The molecule has 5 rings (SSSR count). The van der Waals surface area contributed by atoms with Gasteiger partial charge in [-0.15, -0.1) is 0 Å². The van der Waals surface area contributed by atoms with Crippen molar-refractivity contribution in [1.29, 1.82) is 0 Å². The molecule has 30 heavy (non-hydrogen) atoms. The summed E-state index contributed by atoms with van der Waals surface area (Å²) < 4.78 is 0. The van der Waals surface area contributed by atoms with Crippen LogP contribution in [0, 0.1) is 5.92 Å². The van der Waals surface area contributed by atoms with E-state index in [9.17, 15) is 0 Å². The Morgan fingerprint density at radius 3 is 2.43 bits per heavy atom. The summed E-state index contributed by atoms with van der Waals surface area (Å²) in [5, 5.41) is 8.93. The Kier molecular flexibility index (Phi) is 7.03. The van der Waals surface area contributed by atoms with Crippen molar-refractivity contribution in [3.05, 3.63) is 35.9 Å². The van der Waals surface area contributed by atoms with E-state index in [4.69, 9.17) is 17.3 Å². The van der Waals surface area contributed by atoms with Gasteiger partial charge in [0.05, 0.1) is 11.1 Å². The van der Waals surface area contributed by atoms with Gasteiger partial charge in [0.25, 0.3) is 0 Å². The number of hydrogen-bond acceptors (Lipinski definition) is 5. The van der Waals surface area contributed by atoms with E-state index in [2.05, 4.69) is 69.6 Å².